The van der Waals surface area contributed by atoms with Gasteiger partial charge in [-0.05, 0) is 18.1 Å². The summed E-state index contributed by atoms with van der Waals surface area (Å²) < 4.78 is 38.5. The third-order valence-electron chi connectivity index (χ3n) is 4.18. The Bertz CT molecular complexity index is 812. The molecule has 1 aliphatic carbocycles. The Morgan fingerprint density at radius 3 is 2.79 bits per heavy atom. The molecule has 5 heteroatoms. The van der Waals surface area contributed by atoms with Crippen LogP contribution in [0.2, 0.25) is 0 Å². The number of aromatic nitrogens is 2. The van der Waals surface area contributed by atoms with E-state index in [1.807, 2.05) is 12.2 Å². The normalized spacial score (nSPS) is 20.8. The maximum atomic E-state index is 12.8. The number of hydrogen-bond donors (Lipinski definition) is 1. The number of allylic oxidation sites excluding steroid dienone is 5. The summed E-state index contributed by atoms with van der Waals surface area (Å²) in [4.78, 5) is 7.42. The molecule has 2 aromatic rings. The van der Waals surface area contributed by atoms with E-state index in [2.05, 4.69) is 35.6 Å². The van der Waals surface area contributed by atoms with Gasteiger partial charge >= 0.3 is 6.18 Å². The van der Waals surface area contributed by atoms with Gasteiger partial charge in [0.2, 0.25) is 0 Å². The number of alkyl halides is 3. The van der Waals surface area contributed by atoms with Gasteiger partial charge in [0.15, 0.2) is 0 Å². The first kappa shape index (κ1) is 16.3. The van der Waals surface area contributed by atoms with Crippen LogP contribution in [0.5, 0.6) is 0 Å². The first-order valence-electron chi connectivity index (χ1n) is 7.64. The number of aromatic amines is 1. The number of imidazole rings is 1. The molecular formula is C19H17F3N2. The molecule has 0 saturated heterocycles. The van der Waals surface area contributed by atoms with Crippen LogP contribution in [0.1, 0.15) is 18.3 Å². The van der Waals surface area contributed by atoms with Crippen LogP contribution < -0.4 is 0 Å². The molecule has 1 N–H and O–H groups in total. The number of H-pyrrole nitrogens is 1. The number of nitrogens with zero attached hydrogens (tertiary/aromatic N) is 1. The third kappa shape index (κ3) is 3.20. The average Bonchev–Trinajstić information content (AvgIpc) is 3.05. The van der Waals surface area contributed by atoms with Gasteiger partial charge in [-0.25, -0.2) is 4.98 Å². The van der Waals surface area contributed by atoms with Gasteiger partial charge in [0.1, 0.15) is 5.82 Å². The molecule has 0 fully saturated rings. The predicted octanol–water partition coefficient (Wildman–Crippen LogP) is 5.49. The standard InChI is InChI=1S/C19H17F3N2/c1-3-13-9-15(8-7-12(13)2)18-23-11-17(24-18)14-5-4-6-16(10-14)19(20,21)22/h3-13H,1H2,2H3,(H,23,24). The van der Waals surface area contributed by atoms with E-state index in [-0.39, 0.29) is 5.92 Å². The van der Waals surface area contributed by atoms with Crippen LogP contribution in [0.3, 0.4) is 0 Å². The molecule has 24 heavy (non-hydrogen) atoms. The zero-order valence-corrected chi connectivity index (χ0v) is 13.1. The van der Waals surface area contributed by atoms with Gasteiger partial charge in [-0.15, -0.1) is 6.58 Å². The number of halogens is 3. The quantitative estimate of drug-likeness (QED) is 0.741. The second-order valence-electron chi connectivity index (χ2n) is 5.88. The van der Waals surface area contributed by atoms with Gasteiger partial charge in [0.25, 0.3) is 0 Å². The first-order chi connectivity index (χ1) is 11.4. The molecule has 2 atom stereocenters. The minimum atomic E-state index is -4.36. The Hall–Kier alpha value is -2.56. The SMILES string of the molecule is C=CC1C=C(c2ncc(-c3cccc(C(F)(F)F)c3)[nH]2)C=CC1C. The molecule has 0 spiro atoms. The highest BCUT2D eigenvalue weighted by Gasteiger charge is 2.30. The van der Waals surface area contributed by atoms with Crippen LogP contribution in [0.4, 0.5) is 13.2 Å². The fraction of sp³-hybridized carbons (Fsp3) is 0.211. The van der Waals surface area contributed by atoms with Crippen molar-refractivity contribution in [3.05, 3.63) is 72.7 Å². The van der Waals surface area contributed by atoms with E-state index >= 15 is 0 Å². The highest BCUT2D eigenvalue weighted by Crippen LogP contribution is 2.33. The fourth-order valence-corrected chi connectivity index (χ4v) is 2.72. The molecule has 1 aromatic carbocycles. The van der Waals surface area contributed by atoms with Gasteiger partial charge in [0, 0.05) is 17.1 Å². The first-order valence-corrected chi connectivity index (χ1v) is 7.64. The van der Waals surface area contributed by atoms with Crippen molar-refractivity contribution in [2.24, 2.45) is 11.8 Å². The summed E-state index contributed by atoms with van der Waals surface area (Å²) in [5.74, 6) is 1.22. The van der Waals surface area contributed by atoms with Gasteiger partial charge < -0.3 is 4.98 Å². The predicted molar refractivity (Wildman–Crippen MR) is 89.0 cm³/mol. The third-order valence-corrected chi connectivity index (χ3v) is 4.18. The summed E-state index contributed by atoms with van der Waals surface area (Å²) in [5.41, 5.74) is 1.25. The summed E-state index contributed by atoms with van der Waals surface area (Å²) in [6.07, 6.45) is 5.19. The monoisotopic (exact) mass is 330 g/mol. The minimum Gasteiger partial charge on any atom is -0.338 e. The van der Waals surface area contributed by atoms with Crippen molar-refractivity contribution in [3.8, 4) is 11.3 Å². The molecule has 0 radical (unpaired) electrons. The topological polar surface area (TPSA) is 28.7 Å². The molecule has 0 bridgehead atoms. The van der Waals surface area contributed by atoms with E-state index in [0.29, 0.717) is 23.0 Å². The number of rotatable bonds is 3. The number of nitrogens with one attached hydrogen (secondary N) is 1. The molecule has 124 valence electrons. The molecule has 2 nitrogen and oxygen atoms in total. The number of hydrogen-bond acceptors (Lipinski definition) is 1. The van der Waals surface area contributed by atoms with E-state index in [0.717, 1.165) is 17.7 Å². The molecular weight excluding hydrogens is 313 g/mol. The Labute approximate surface area is 138 Å². The van der Waals surface area contributed by atoms with E-state index < -0.39 is 11.7 Å². The highest BCUT2D eigenvalue weighted by molar-refractivity contribution is 5.73. The van der Waals surface area contributed by atoms with Crippen LogP contribution in [0.25, 0.3) is 16.8 Å². The summed E-state index contributed by atoms with van der Waals surface area (Å²) in [6, 6.07) is 5.21. The highest BCUT2D eigenvalue weighted by atomic mass is 19.4. The maximum Gasteiger partial charge on any atom is 0.416 e. The van der Waals surface area contributed by atoms with Crippen LogP contribution in [-0.2, 0) is 6.18 Å². The molecule has 3 rings (SSSR count). The zero-order valence-electron chi connectivity index (χ0n) is 13.1. The van der Waals surface area contributed by atoms with E-state index in [4.69, 9.17) is 0 Å². The van der Waals surface area contributed by atoms with Gasteiger partial charge in [-0.1, -0.05) is 43.4 Å². The molecule has 1 heterocycles. The van der Waals surface area contributed by atoms with Gasteiger partial charge in [-0.3, -0.25) is 0 Å². The van der Waals surface area contributed by atoms with E-state index in [1.165, 1.54) is 6.07 Å². The fourth-order valence-electron chi connectivity index (χ4n) is 2.72. The summed E-state index contributed by atoms with van der Waals surface area (Å²) in [7, 11) is 0. The summed E-state index contributed by atoms with van der Waals surface area (Å²) in [6.45, 7) is 5.94. The van der Waals surface area contributed by atoms with Crippen molar-refractivity contribution in [2.75, 3.05) is 0 Å². The largest absolute Gasteiger partial charge is 0.416 e. The van der Waals surface area contributed by atoms with Crippen molar-refractivity contribution >= 4 is 5.57 Å². The lowest BCUT2D eigenvalue weighted by molar-refractivity contribution is -0.137. The smallest absolute Gasteiger partial charge is 0.338 e. The Morgan fingerprint density at radius 1 is 1.29 bits per heavy atom. The Balaban J connectivity index is 1.92. The van der Waals surface area contributed by atoms with Crippen LogP contribution in [0.15, 0.2) is 61.3 Å². The lowest BCUT2D eigenvalue weighted by Gasteiger charge is -2.18. The molecule has 0 amide bonds. The van der Waals surface area contributed by atoms with Crippen LogP contribution >= 0.6 is 0 Å². The van der Waals surface area contributed by atoms with Gasteiger partial charge in [-0.2, -0.15) is 13.2 Å². The van der Waals surface area contributed by atoms with E-state index in [1.54, 1.807) is 12.3 Å². The van der Waals surface area contributed by atoms with Crippen molar-refractivity contribution in [1.29, 1.82) is 0 Å². The Kier molecular flexibility index (Phi) is 4.18. The van der Waals surface area contributed by atoms with Crippen molar-refractivity contribution in [1.82, 2.24) is 9.97 Å². The summed E-state index contributed by atoms with van der Waals surface area (Å²) in [5, 5.41) is 0. The lowest BCUT2D eigenvalue weighted by atomic mass is 9.87. The lowest BCUT2D eigenvalue weighted by Crippen LogP contribution is -2.08. The van der Waals surface area contributed by atoms with Crippen LogP contribution in [0, 0.1) is 11.8 Å². The van der Waals surface area contributed by atoms with Crippen LogP contribution in [-0.4, -0.2) is 9.97 Å². The van der Waals surface area contributed by atoms with Gasteiger partial charge in [0.05, 0.1) is 17.5 Å². The van der Waals surface area contributed by atoms with E-state index in [9.17, 15) is 13.2 Å². The molecule has 2 unspecified atom stereocenters. The molecule has 1 aromatic heterocycles. The minimum absolute atomic E-state index is 0.215. The zero-order chi connectivity index (χ0) is 17.3. The second kappa shape index (κ2) is 6.15. The average molecular weight is 330 g/mol. The molecule has 0 saturated carbocycles. The molecule has 1 aliphatic rings. The second-order valence-corrected chi connectivity index (χ2v) is 5.88. The Morgan fingerprint density at radius 2 is 2.08 bits per heavy atom. The number of benzene rings is 1. The van der Waals surface area contributed by atoms with Crippen molar-refractivity contribution < 1.29 is 13.2 Å². The van der Waals surface area contributed by atoms with Crippen molar-refractivity contribution in [3.63, 3.8) is 0 Å². The molecule has 0 aliphatic heterocycles. The summed E-state index contributed by atoms with van der Waals surface area (Å²) >= 11 is 0. The van der Waals surface area contributed by atoms with Crippen molar-refractivity contribution in [2.45, 2.75) is 13.1 Å². The maximum absolute atomic E-state index is 12.8.